The first-order chi connectivity index (χ1) is 23.7. The first-order valence-electron chi connectivity index (χ1n) is 17.4. The lowest BCUT2D eigenvalue weighted by molar-refractivity contribution is -0.235. The predicted molar refractivity (Wildman–Crippen MR) is 184 cm³/mol. The maximum atomic E-state index is 14.1. The fourth-order valence-electron chi connectivity index (χ4n) is 7.83. The summed E-state index contributed by atoms with van der Waals surface area (Å²) in [5.41, 5.74) is -3.26. The van der Waals surface area contributed by atoms with E-state index in [1.807, 2.05) is 39.8 Å². The number of esters is 5. The summed E-state index contributed by atoms with van der Waals surface area (Å²) < 4.78 is 43.9. The standard InChI is InChI=1S/C39H52O12/c1-21(2)19-45-30-23(4)31(46-24(5)40)32(47-25(6)41)35(49-27(8)43)37(9,10)18-17-22(3)33-39(51-36(44)28-15-13-12-14-16-28)20-38(11,50-33)34(29(30)39)48-26(7)42/h12-18,21-22,29-35H,4,19-20H2,1-3,5-11H3/b18-17+/t22-,29-,30-,31-,32+,33+,34+,35+,38+,39+/m0/s1. The topological polar surface area (TPSA) is 150 Å². The molecule has 0 radical (unpaired) electrons. The highest BCUT2D eigenvalue weighted by Crippen LogP contribution is 2.61. The average Bonchev–Trinajstić information content (AvgIpc) is 3.45. The number of benzene rings is 1. The second kappa shape index (κ2) is 15.3. The van der Waals surface area contributed by atoms with Crippen molar-refractivity contribution in [3.05, 3.63) is 60.2 Å². The van der Waals surface area contributed by atoms with Gasteiger partial charge in [-0.25, -0.2) is 4.79 Å². The van der Waals surface area contributed by atoms with Crippen molar-refractivity contribution in [1.29, 1.82) is 0 Å². The van der Waals surface area contributed by atoms with Gasteiger partial charge in [0.15, 0.2) is 23.9 Å². The van der Waals surface area contributed by atoms with Gasteiger partial charge in [-0.05, 0) is 30.5 Å². The molecule has 0 amide bonds. The van der Waals surface area contributed by atoms with Crippen LogP contribution in [0, 0.1) is 23.2 Å². The summed E-state index contributed by atoms with van der Waals surface area (Å²) in [5.74, 6) is -4.76. The second-order valence-electron chi connectivity index (χ2n) is 15.2. The highest BCUT2D eigenvalue weighted by Gasteiger charge is 2.76. The molecule has 0 unspecified atom stereocenters. The van der Waals surface area contributed by atoms with Gasteiger partial charge in [0, 0.05) is 52.1 Å². The first kappa shape index (κ1) is 39.8. The largest absolute Gasteiger partial charge is 0.459 e. The van der Waals surface area contributed by atoms with Crippen molar-refractivity contribution in [2.45, 2.75) is 123 Å². The van der Waals surface area contributed by atoms with Gasteiger partial charge in [0.05, 0.1) is 17.6 Å². The second-order valence-corrected chi connectivity index (χ2v) is 15.2. The summed E-state index contributed by atoms with van der Waals surface area (Å²) in [7, 11) is 0. The van der Waals surface area contributed by atoms with Gasteiger partial charge < -0.3 is 33.2 Å². The Kier molecular flexibility index (Phi) is 11.9. The highest BCUT2D eigenvalue weighted by atomic mass is 16.6. The Bertz CT molecular complexity index is 1530. The molecule has 0 aromatic heterocycles. The van der Waals surface area contributed by atoms with E-state index in [2.05, 4.69) is 6.58 Å². The molecule has 12 heteroatoms. The van der Waals surface area contributed by atoms with Gasteiger partial charge in [0.2, 0.25) is 0 Å². The van der Waals surface area contributed by atoms with Gasteiger partial charge in [-0.1, -0.05) is 71.5 Å². The van der Waals surface area contributed by atoms with Crippen LogP contribution in [0.5, 0.6) is 0 Å². The van der Waals surface area contributed by atoms with E-state index >= 15 is 0 Å². The van der Waals surface area contributed by atoms with E-state index in [1.54, 1.807) is 44.2 Å². The minimum Gasteiger partial charge on any atom is -0.459 e. The predicted octanol–water partition coefficient (Wildman–Crippen LogP) is 5.32. The third kappa shape index (κ3) is 8.38. The lowest BCUT2D eigenvalue weighted by Crippen LogP contribution is -2.63. The highest BCUT2D eigenvalue weighted by molar-refractivity contribution is 5.89. The van der Waals surface area contributed by atoms with Crippen molar-refractivity contribution in [3.8, 4) is 0 Å². The fraction of sp³-hybridized carbons (Fsp3) is 0.615. The molecule has 1 saturated heterocycles. The van der Waals surface area contributed by atoms with E-state index in [1.165, 1.54) is 27.7 Å². The number of carbonyl (C=O) groups is 5. The van der Waals surface area contributed by atoms with E-state index in [9.17, 15) is 24.0 Å². The SMILES string of the molecule is C=C1[C@H](OC(C)=O)[C@@H](OC(C)=O)[C@@H](OC(C)=O)C(C)(C)/C=C/[C@H](C)[C@H]2O[C@]3(C)C[C@@]2(OC(=O)c2ccccc2)[C@H]([C@H]3OC(C)=O)[C@H]1OCC(C)C. The van der Waals surface area contributed by atoms with Gasteiger partial charge in [-0.15, -0.1) is 0 Å². The molecule has 1 aliphatic heterocycles. The van der Waals surface area contributed by atoms with Crippen molar-refractivity contribution in [3.63, 3.8) is 0 Å². The van der Waals surface area contributed by atoms with Gasteiger partial charge in [-0.2, -0.15) is 0 Å². The van der Waals surface area contributed by atoms with Gasteiger partial charge in [-0.3, -0.25) is 19.2 Å². The molecule has 2 fully saturated rings. The monoisotopic (exact) mass is 712 g/mol. The molecule has 12 nitrogen and oxygen atoms in total. The molecule has 280 valence electrons. The smallest absolute Gasteiger partial charge is 0.338 e. The summed E-state index contributed by atoms with van der Waals surface area (Å²) in [4.78, 5) is 65.1. The Hall–Kier alpha value is -4.03. The third-order valence-electron chi connectivity index (χ3n) is 9.77. The molecule has 4 rings (SSSR count). The van der Waals surface area contributed by atoms with Crippen molar-refractivity contribution >= 4 is 29.8 Å². The van der Waals surface area contributed by atoms with Crippen LogP contribution in [0.4, 0.5) is 0 Å². The molecular formula is C39H52O12. The molecule has 51 heavy (non-hydrogen) atoms. The summed E-state index contributed by atoms with van der Waals surface area (Å²) in [6.45, 7) is 20.7. The summed E-state index contributed by atoms with van der Waals surface area (Å²) >= 11 is 0. The van der Waals surface area contributed by atoms with Gasteiger partial charge >= 0.3 is 29.8 Å². The Morgan fingerprint density at radius 3 is 1.96 bits per heavy atom. The Morgan fingerprint density at radius 1 is 0.843 bits per heavy atom. The first-order valence-corrected chi connectivity index (χ1v) is 17.4. The Labute approximate surface area is 300 Å². The van der Waals surface area contributed by atoms with Crippen LogP contribution in [0.1, 0.15) is 86.0 Å². The third-order valence-corrected chi connectivity index (χ3v) is 9.77. The maximum absolute atomic E-state index is 14.1. The van der Waals surface area contributed by atoms with Crippen LogP contribution < -0.4 is 0 Å². The Balaban J connectivity index is 2.08. The number of rotatable bonds is 9. The van der Waals surface area contributed by atoms with E-state index in [0.717, 1.165) is 0 Å². The molecule has 3 aliphatic rings. The average molecular weight is 713 g/mol. The minimum atomic E-state index is -1.48. The van der Waals surface area contributed by atoms with Crippen LogP contribution >= 0.6 is 0 Å². The molecule has 2 aliphatic carbocycles. The van der Waals surface area contributed by atoms with Crippen LogP contribution in [0.2, 0.25) is 0 Å². The van der Waals surface area contributed by atoms with Crippen molar-refractivity contribution < 1.29 is 57.1 Å². The lowest BCUT2D eigenvalue weighted by atomic mass is 9.71. The van der Waals surface area contributed by atoms with E-state index in [4.69, 9.17) is 33.2 Å². The lowest BCUT2D eigenvalue weighted by Gasteiger charge is -2.50. The molecule has 1 saturated carbocycles. The van der Waals surface area contributed by atoms with Crippen molar-refractivity contribution in [2.24, 2.45) is 23.2 Å². The van der Waals surface area contributed by atoms with Gasteiger partial charge in [0.25, 0.3) is 0 Å². The number of fused-ring (bicyclic) bond motifs is 1. The number of ether oxygens (including phenoxy) is 7. The van der Waals surface area contributed by atoms with E-state index < -0.39 is 94.9 Å². The van der Waals surface area contributed by atoms with Crippen LogP contribution in [-0.2, 0) is 52.3 Å². The molecule has 1 aromatic rings. The summed E-state index contributed by atoms with van der Waals surface area (Å²) in [5, 5.41) is 0. The van der Waals surface area contributed by atoms with Crippen LogP contribution in [-0.4, -0.2) is 84.3 Å². The maximum Gasteiger partial charge on any atom is 0.338 e. The molecule has 0 N–H and O–H groups in total. The van der Waals surface area contributed by atoms with Crippen LogP contribution in [0.3, 0.4) is 0 Å². The number of hydrogen-bond donors (Lipinski definition) is 0. The molecular weight excluding hydrogens is 660 g/mol. The normalized spacial score (nSPS) is 34.8. The Morgan fingerprint density at radius 2 is 1.41 bits per heavy atom. The molecule has 1 heterocycles. The molecule has 1 aromatic carbocycles. The van der Waals surface area contributed by atoms with E-state index in [-0.39, 0.29) is 24.5 Å². The molecule has 0 spiro atoms. The summed E-state index contributed by atoms with van der Waals surface area (Å²) in [6, 6.07) is 8.52. The zero-order valence-corrected chi connectivity index (χ0v) is 31.3. The van der Waals surface area contributed by atoms with E-state index in [0.29, 0.717) is 5.56 Å². The number of hydrogen-bond acceptors (Lipinski definition) is 12. The minimum absolute atomic E-state index is 0.0126. The quantitative estimate of drug-likeness (QED) is 0.185. The van der Waals surface area contributed by atoms with Crippen molar-refractivity contribution in [1.82, 2.24) is 0 Å². The molecule has 2 bridgehead atoms. The zero-order chi connectivity index (χ0) is 38.1. The van der Waals surface area contributed by atoms with Crippen molar-refractivity contribution in [2.75, 3.05) is 6.61 Å². The van der Waals surface area contributed by atoms with Crippen LogP contribution in [0.15, 0.2) is 54.6 Å². The fourth-order valence-corrected chi connectivity index (χ4v) is 7.83. The zero-order valence-electron chi connectivity index (χ0n) is 31.3. The number of carbonyl (C=O) groups excluding carboxylic acids is 5. The van der Waals surface area contributed by atoms with Gasteiger partial charge in [0.1, 0.15) is 17.8 Å². The summed E-state index contributed by atoms with van der Waals surface area (Å²) in [6.07, 6.45) is -3.19. The molecule has 10 atom stereocenters. The van der Waals surface area contributed by atoms with Crippen LogP contribution in [0.25, 0.3) is 0 Å².